The van der Waals surface area contributed by atoms with Crippen molar-refractivity contribution in [2.45, 2.75) is 31.6 Å². The molecule has 0 spiro atoms. The van der Waals surface area contributed by atoms with Gasteiger partial charge in [-0.15, -0.1) is 0 Å². The Morgan fingerprint density at radius 1 is 0.270 bits per heavy atom. The predicted molar refractivity (Wildman–Crippen MR) is 314 cm³/mol. The van der Waals surface area contributed by atoms with E-state index in [0.717, 1.165) is 11.4 Å². The van der Waals surface area contributed by atoms with Crippen molar-refractivity contribution in [1.82, 2.24) is 0 Å². The van der Waals surface area contributed by atoms with E-state index in [4.69, 9.17) is 0 Å². The monoisotopic (exact) mass is 946 g/mol. The summed E-state index contributed by atoms with van der Waals surface area (Å²) in [6.45, 7) is 7.03. The van der Waals surface area contributed by atoms with Gasteiger partial charge < -0.3 is 9.80 Å². The Bertz CT molecular complexity index is 3640. The van der Waals surface area contributed by atoms with Gasteiger partial charge in [-0.1, -0.05) is 245 Å². The molecule has 0 bridgehead atoms. The van der Waals surface area contributed by atoms with E-state index >= 15 is 0 Å². The number of anilines is 6. The third kappa shape index (κ3) is 7.58. The molecule has 0 amide bonds. The highest BCUT2D eigenvalue weighted by molar-refractivity contribution is 7.00. The molecule has 0 saturated carbocycles. The zero-order chi connectivity index (χ0) is 49.8. The van der Waals surface area contributed by atoms with Crippen molar-refractivity contribution in [3.05, 3.63) is 307 Å². The van der Waals surface area contributed by atoms with Gasteiger partial charge in [0.05, 0.1) is 5.41 Å². The molecule has 2 nitrogen and oxygen atoms in total. The van der Waals surface area contributed by atoms with Gasteiger partial charge in [0.15, 0.2) is 0 Å². The van der Waals surface area contributed by atoms with Crippen LogP contribution in [0.1, 0.15) is 48.6 Å². The van der Waals surface area contributed by atoms with Crippen LogP contribution < -0.4 is 26.2 Å². The molecule has 0 saturated heterocycles. The van der Waals surface area contributed by atoms with Crippen LogP contribution in [0.2, 0.25) is 0 Å². The minimum absolute atomic E-state index is 0.0235. The molecule has 352 valence electrons. The zero-order valence-corrected chi connectivity index (χ0v) is 42.0. The van der Waals surface area contributed by atoms with E-state index in [1.54, 1.807) is 0 Å². The number of benzene rings is 11. The first-order valence-corrected chi connectivity index (χ1v) is 25.9. The van der Waals surface area contributed by atoms with Crippen molar-refractivity contribution >= 4 is 57.2 Å². The molecule has 0 radical (unpaired) electrons. The highest BCUT2D eigenvalue weighted by Gasteiger charge is 2.45. The van der Waals surface area contributed by atoms with Gasteiger partial charge in [0, 0.05) is 34.1 Å². The maximum Gasteiger partial charge on any atom is 0.252 e. The van der Waals surface area contributed by atoms with Crippen LogP contribution >= 0.6 is 0 Å². The van der Waals surface area contributed by atoms with Crippen LogP contribution in [-0.4, -0.2) is 6.71 Å². The number of nitrogens with zero attached hydrogens (tertiary/aromatic N) is 2. The van der Waals surface area contributed by atoms with Gasteiger partial charge >= 0.3 is 0 Å². The summed E-state index contributed by atoms with van der Waals surface area (Å²) in [6.07, 6.45) is 0. The Balaban J connectivity index is 1.07. The summed E-state index contributed by atoms with van der Waals surface area (Å²) >= 11 is 0. The Kier molecular flexibility index (Phi) is 11.1. The molecule has 0 atom stereocenters. The minimum atomic E-state index is -0.561. The SMILES string of the molecule is CC(C)(C)c1cc2c3c(c1)N(c1cc(-c4ccccc4)cc(-c4ccccc4)c1)c1cc(-c4ccccc4)ccc1B3c1ccccc1N2c1ccc(C(c2ccccc2)(c2ccccc2)c2ccccc2)cc1. The molecule has 11 aromatic carbocycles. The van der Waals surface area contributed by atoms with Gasteiger partial charge in [-0.3, -0.25) is 0 Å². The largest absolute Gasteiger partial charge is 0.311 e. The van der Waals surface area contributed by atoms with Crippen LogP contribution in [0.15, 0.2) is 279 Å². The molecule has 2 heterocycles. The van der Waals surface area contributed by atoms with Gasteiger partial charge in [-0.2, -0.15) is 0 Å². The second-order valence-electron chi connectivity index (χ2n) is 20.9. The highest BCUT2D eigenvalue weighted by atomic mass is 15.2. The van der Waals surface area contributed by atoms with Crippen molar-refractivity contribution in [2.24, 2.45) is 0 Å². The molecular formula is C71H55BN2. The van der Waals surface area contributed by atoms with Crippen LogP contribution in [0.4, 0.5) is 34.1 Å². The third-order valence-corrected chi connectivity index (χ3v) is 15.5. The first kappa shape index (κ1) is 45.0. The highest BCUT2D eigenvalue weighted by Crippen LogP contribution is 2.50. The van der Waals surface area contributed by atoms with E-state index in [-0.39, 0.29) is 12.1 Å². The second-order valence-corrected chi connectivity index (χ2v) is 20.9. The third-order valence-electron chi connectivity index (χ3n) is 15.5. The molecule has 11 aromatic rings. The zero-order valence-electron chi connectivity index (χ0n) is 42.0. The number of rotatable bonds is 9. The van der Waals surface area contributed by atoms with E-state index in [2.05, 4.69) is 310 Å². The molecule has 13 rings (SSSR count). The van der Waals surface area contributed by atoms with E-state index in [1.807, 2.05) is 0 Å². The molecule has 3 heteroatoms. The summed E-state index contributed by atoms with van der Waals surface area (Å²) in [5.41, 5.74) is 23.4. The lowest BCUT2D eigenvalue weighted by atomic mass is 9.33. The number of fused-ring (bicyclic) bond motifs is 4. The van der Waals surface area contributed by atoms with Crippen molar-refractivity contribution < 1.29 is 0 Å². The summed E-state index contributed by atoms with van der Waals surface area (Å²) < 4.78 is 0. The van der Waals surface area contributed by atoms with Gasteiger partial charge in [0.2, 0.25) is 0 Å². The molecule has 0 N–H and O–H groups in total. The summed E-state index contributed by atoms with van der Waals surface area (Å²) in [5, 5.41) is 0. The number of para-hydroxylation sites is 1. The molecule has 0 fully saturated rings. The topological polar surface area (TPSA) is 6.48 Å². The number of hydrogen-bond donors (Lipinski definition) is 0. The predicted octanol–water partition coefficient (Wildman–Crippen LogP) is 16.5. The Morgan fingerprint density at radius 3 is 1.16 bits per heavy atom. The molecule has 0 aromatic heterocycles. The molecule has 0 unspecified atom stereocenters. The van der Waals surface area contributed by atoms with E-state index in [9.17, 15) is 0 Å². The second kappa shape index (κ2) is 18.3. The standard InChI is InChI=1S/C71H55BN2/c1-70(2,3)60-48-67-69-68(49-60)74(62-45-54(51-26-12-5-13-27-51)44-55(46-62)52-28-14-6-15-29-52)66-47-53(50-24-10-4-11-25-50)38-43-64(66)72(69)63-36-22-23-37-65(63)73(67)61-41-39-59(40-42-61)71(56-30-16-7-17-31-56,57-32-18-8-19-33-57)58-34-20-9-21-35-58/h4-49H,1-3H3. The first-order valence-electron chi connectivity index (χ1n) is 25.9. The summed E-state index contributed by atoms with van der Waals surface area (Å²) in [5.74, 6) is 0. The smallest absolute Gasteiger partial charge is 0.252 e. The summed E-state index contributed by atoms with van der Waals surface area (Å²) in [7, 11) is 0. The van der Waals surface area contributed by atoms with Crippen LogP contribution in [0.5, 0.6) is 0 Å². The van der Waals surface area contributed by atoms with Crippen LogP contribution in [-0.2, 0) is 10.8 Å². The lowest BCUT2D eigenvalue weighted by molar-refractivity contribution is 0.590. The van der Waals surface area contributed by atoms with Crippen molar-refractivity contribution in [1.29, 1.82) is 0 Å². The Morgan fingerprint density at radius 2 is 0.676 bits per heavy atom. The summed E-state index contributed by atoms with van der Waals surface area (Å²) in [6, 6.07) is 104. The van der Waals surface area contributed by atoms with Crippen LogP contribution in [0.25, 0.3) is 33.4 Å². The fraction of sp³-hybridized carbons (Fsp3) is 0.0704. The molecule has 2 aliphatic heterocycles. The fourth-order valence-corrected chi connectivity index (χ4v) is 12.0. The molecule has 2 aliphatic rings. The van der Waals surface area contributed by atoms with Gasteiger partial charge in [-0.05, 0) is 138 Å². The number of hydrogen-bond acceptors (Lipinski definition) is 2. The van der Waals surface area contributed by atoms with Crippen molar-refractivity contribution in [3.8, 4) is 33.4 Å². The first-order chi connectivity index (χ1) is 36.3. The van der Waals surface area contributed by atoms with Crippen molar-refractivity contribution in [2.75, 3.05) is 9.80 Å². The normalized spacial score (nSPS) is 12.7. The van der Waals surface area contributed by atoms with Crippen molar-refractivity contribution in [3.63, 3.8) is 0 Å². The lowest BCUT2D eigenvalue weighted by Gasteiger charge is -2.45. The maximum atomic E-state index is 2.59. The van der Waals surface area contributed by atoms with Crippen LogP contribution in [0.3, 0.4) is 0 Å². The minimum Gasteiger partial charge on any atom is -0.311 e. The maximum absolute atomic E-state index is 2.59. The van der Waals surface area contributed by atoms with Gasteiger partial charge in [-0.25, -0.2) is 0 Å². The quantitative estimate of drug-likeness (QED) is 0.105. The van der Waals surface area contributed by atoms with E-state index in [1.165, 1.54) is 100 Å². The molecule has 0 aliphatic carbocycles. The summed E-state index contributed by atoms with van der Waals surface area (Å²) in [4.78, 5) is 5.14. The average molecular weight is 947 g/mol. The van der Waals surface area contributed by atoms with Gasteiger partial charge in [0.1, 0.15) is 0 Å². The molecular weight excluding hydrogens is 892 g/mol. The fourth-order valence-electron chi connectivity index (χ4n) is 12.0. The average Bonchev–Trinajstić information content (AvgIpc) is 3.48. The lowest BCUT2D eigenvalue weighted by Crippen LogP contribution is -2.61. The molecule has 74 heavy (non-hydrogen) atoms. The van der Waals surface area contributed by atoms with Gasteiger partial charge in [0.25, 0.3) is 6.71 Å². The Labute approximate surface area is 436 Å². The van der Waals surface area contributed by atoms with E-state index < -0.39 is 5.41 Å². The Hall–Kier alpha value is -8.92. The van der Waals surface area contributed by atoms with Crippen LogP contribution in [0, 0.1) is 0 Å². The van der Waals surface area contributed by atoms with E-state index in [0.29, 0.717) is 0 Å².